The summed E-state index contributed by atoms with van der Waals surface area (Å²) >= 11 is 0. The van der Waals surface area contributed by atoms with E-state index in [2.05, 4.69) is 4.98 Å². The minimum Gasteiger partial charge on any atom is -0.441 e. The van der Waals surface area contributed by atoms with Crippen LogP contribution in [0.2, 0.25) is 0 Å². The van der Waals surface area contributed by atoms with Crippen LogP contribution in [0.15, 0.2) is 34.9 Å². The summed E-state index contributed by atoms with van der Waals surface area (Å²) in [4.78, 5) is 4.28. The number of benzene rings is 1. The molecule has 0 saturated heterocycles. The molecule has 102 valence electrons. The van der Waals surface area contributed by atoms with Gasteiger partial charge in [0.15, 0.2) is 0 Å². The van der Waals surface area contributed by atoms with Crippen LogP contribution in [-0.2, 0) is 11.0 Å². The summed E-state index contributed by atoms with van der Waals surface area (Å²) in [7, 11) is -2.25. The van der Waals surface area contributed by atoms with Crippen molar-refractivity contribution >= 4 is 12.4 Å². The van der Waals surface area contributed by atoms with Crippen molar-refractivity contribution in [3.8, 4) is 11.5 Å². The Morgan fingerprint density at radius 3 is 2.53 bits per heavy atom. The molecule has 0 saturated carbocycles. The summed E-state index contributed by atoms with van der Waals surface area (Å²) in [5, 5.41) is 0.922. The fourth-order valence-corrected chi connectivity index (χ4v) is 4.00. The maximum Gasteiger partial charge on any atom is 0.226 e. The lowest BCUT2D eigenvalue weighted by atomic mass is 10.2. The summed E-state index contributed by atoms with van der Waals surface area (Å²) in [6.07, 6.45) is 3.97. The highest BCUT2D eigenvalue weighted by Gasteiger charge is 2.20. The summed E-state index contributed by atoms with van der Waals surface area (Å²) in [5.41, 5.74) is 0.902. The molecular weight excluding hydrogens is 257 g/mol. The van der Waals surface area contributed by atoms with Crippen LogP contribution in [0.3, 0.4) is 0 Å². The van der Waals surface area contributed by atoms with E-state index in [1.807, 2.05) is 45.0 Å². The van der Waals surface area contributed by atoms with Gasteiger partial charge in [-0.25, -0.2) is 4.98 Å². The predicted octanol–water partition coefficient (Wildman–Crippen LogP) is 3.93. The molecule has 0 aliphatic rings. The van der Waals surface area contributed by atoms with E-state index >= 15 is 0 Å². The van der Waals surface area contributed by atoms with Crippen LogP contribution in [0.4, 0.5) is 0 Å². The Labute approximate surface area is 114 Å². The van der Waals surface area contributed by atoms with Crippen LogP contribution in [0.25, 0.3) is 11.5 Å². The molecule has 2 rings (SSSR count). The van der Waals surface area contributed by atoms with E-state index < -0.39 is 7.14 Å². The zero-order valence-electron chi connectivity index (χ0n) is 11.7. The molecule has 0 unspecified atom stereocenters. The lowest BCUT2D eigenvalue weighted by Crippen LogP contribution is -2.08. The van der Waals surface area contributed by atoms with Crippen molar-refractivity contribution in [3.63, 3.8) is 0 Å². The van der Waals surface area contributed by atoms with Crippen LogP contribution < -0.4 is 5.30 Å². The van der Waals surface area contributed by atoms with Gasteiger partial charge in [-0.1, -0.05) is 32.9 Å². The van der Waals surface area contributed by atoms with Gasteiger partial charge in [0, 0.05) is 29.6 Å². The average Bonchev–Trinajstić information content (AvgIpc) is 2.95. The van der Waals surface area contributed by atoms with Crippen LogP contribution in [0.1, 0.15) is 26.5 Å². The molecule has 4 heteroatoms. The number of hydrogen-bond acceptors (Lipinski definition) is 3. The fourth-order valence-electron chi connectivity index (χ4n) is 2.09. The van der Waals surface area contributed by atoms with Crippen LogP contribution in [0.5, 0.6) is 0 Å². The molecule has 0 aliphatic heterocycles. The van der Waals surface area contributed by atoms with Gasteiger partial charge in [-0.3, -0.25) is 0 Å². The van der Waals surface area contributed by atoms with Gasteiger partial charge < -0.3 is 8.98 Å². The van der Waals surface area contributed by atoms with Crippen molar-refractivity contribution in [2.75, 3.05) is 12.3 Å². The number of oxazole rings is 1. The maximum atomic E-state index is 12.7. The molecule has 0 atom stereocenters. The Hall–Kier alpha value is -1.34. The van der Waals surface area contributed by atoms with E-state index in [9.17, 15) is 4.57 Å². The van der Waals surface area contributed by atoms with Crippen LogP contribution >= 0.6 is 7.14 Å². The van der Waals surface area contributed by atoms with Gasteiger partial charge in [0.25, 0.3) is 0 Å². The van der Waals surface area contributed by atoms with Crippen molar-refractivity contribution in [3.05, 3.63) is 36.2 Å². The topological polar surface area (TPSA) is 43.1 Å². The van der Waals surface area contributed by atoms with Gasteiger partial charge in [0.05, 0.1) is 6.20 Å². The van der Waals surface area contributed by atoms with Gasteiger partial charge in [0.1, 0.15) is 12.9 Å². The largest absolute Gasteiger partial charge is 0.441 e. The first-order chi connectivity index (χ1) is 9.12. The third-order valence-electron chi connectivity index (χ3n) is 3.49. The van der Waals surface area contributed by atoms with Crippen molar-refractivity contribution in [1.82, 2.24) is 4.98 Å². The zero-order valence-corrected chi connectivity index (χ0v) is 12.6. The second-order valence-corrected chi connectivity index (χ2v) is 8.12. The van der Waals surface area contributed by atoms with Crippen molar-refractivity contribution in [1.29, 1.82) is 0 Å². The summed E-state index contributed by atoms with van der Waals surface area (Å²) < 4.78 is 18.4. The summed E-state index contributed by atoms with van der Waals surface area (Å²) in [6, 6.07) is 7.78. The molecule has 0 radical (unpaired) electrons. The first-order valence-corrected chi connectivity index (χ1v) is 8.84. The van der Waals surface area contributed by atoms with Crippen LogP contribution in [0, 0.1) is 0 Å². The fraction of sp³-hybridized carbons (Fsp3) is 0.400. The van der Waals surface area contributed by atoms with Crippen molar-refractivity contribution < 1.29 is 8.98 Å². The molecular formula is C15H20NO2P. The molecule has 1 heterocycles. The molecule has 0 aliphatic carbocycles. The highest BCUT2D eigenvalue weighted by Crippen LogP contribution is 2.43. The van der Waals surface area contributed by atoms with Gasteiger partial charge in [-0.2, -0.15) is 0 Å². The lowest BCUT2D eigenvalue weighted by Gasteiger charge is -2.14. The number of nitrogens with zero attached hydrogens (tertiary/aromatic N) is 1. The number of hydrogen-bond donors (Lipinski definition) is 0. The highest BCUT2D eigenvalue weighted by atomic mass is 31.2. The van der Waals surface area contributed by atoms with Crippen molar-refractivity contribution in [2.24, 2.45) is 0 Å². The Morgan fingerprint density at radius 1 is 1.21 bits per heavy atom. The number of rotatable bonds is 5. The smallest absolute Gasteiger partial charge is 0.226 e. The number of aryl methyl sites for hydroxylation is 1. The van der Waals surface area contributed by atoms with Gasteiger partial charge in [-0.05, 0) is 12.1 Å². The standard InChI is InChI=1S/C15H20NO2P/c1-4-13-11-16-15(18-13)12-8-7-9-14(10-12)19(17,5-2)6-3/h7-11H,4-6H2,1-3H3. The van der Waals surface area contributed by atoms with Gasteiger partial charge >= 0.3 is 0 Å². The molecule has 0 amide bonds. The Balaban J connectivity index is 2.42. The average molecular weight is 277 g/mol. The Bertz CT molecular complexity index is 596. The quantitative estimate of drug-likeness (QED) is 0.778. The Morgan fingerprint density at radius 2 is 1.95 bits per heavy atom. The molecule has 0 fully saturated rings. The second-order valence-electron chi connectivity index (χ2n) is 4.56. The minimum absolute atomic E-state index is 0.609. The summed E-state index contributed by atoms with van der Waals surface area (Å²) in [5.74, 6) is 1.48. The van der Waals surface area contributed by atoms with E-state index in [4.69, 9.17) is 4.42 Å². The zero-order chi connectivity index (χ0) is 13.9. The van der Waals surface area contributed by atoms with Crippen LogP contribution in [-0.4, -0.2) is 17.3 Å². The SMILES string of the molecule is CCc1cnc(-c2cccc(P(=O)(CC)CC)c2)o1. The normalized spacial score (nSPS) is 11.7. The molecule has 0 bridgehead atoms. The third kappa shape index (κ3) is 2.82. The molecule has 3 nitrogen and oxygen atoms in total. The first-order valence-electron chi connectivity index (χ1n) is 6.76. The third-order valence-corrected chi connectivity index (χ3v) is 6.75. The maximum absolute atomic E-state index is 12.7. The molecule has 1 aromatic heterocycles. The molecule has 0 spiro atoms. The van der Waals surface area contributed by atoms with E-state index in [0.717, 1.165) is 23.0 Å². The number of aromatic nitrogens is 1. The minimum atomic E-state index is -2.25. The molecule has 1 aromatic carbocycles. The van der Waals surface area contributed by atoms with Gasteiger partial charge in [-0.15, -0.1) is 0 Å². The van der Waals surface area contributed by atoms with Gasteiger partial charge in [0.2, 0.25) is 5.89 Å². The monoisotopic (exact) mass is 277 g/mol. The molecule has 19 heavy (non-hydrogen) atoms. The highest BCUT2D eigenvalue weighted by molar-refractivity contribution is 7.71. The van der Waals surface area contributed by atoms with E-state index in [0.29, 0.717) is 18.2 Å². The van der Waals surface area contributed by atoms with Crippen molar-refractivity contribution in [2.45, 2.75) is 27.2 Å². The first kappa shape index (κ1) is 14.1. The van der Waals surface area contributed by atoms with E-state index in [1.165, 1.54) is 0 Å². The van der Waals surface area contributed by atoms with E-state index in [1.54, 1.807) is 6.20 Å². The molecule has 2 aromatic rings. The van der Waals surface area contributed by atoms with E-state index in [-0.39, 0.29) is 0 Å². The molecule has 0 N–H and O–H groups in total. The second kappa shape index (κ2) is 5.75. The Kier molecular flexibility index (Phi) is 4.26. The summed E-state index contributed by atoms with van der Waals surface area (Å²) in [6.45, 7) is 6.00. The predicted molar refractivity (Wildman–Crippen MR) is 79.6 cm³/mol. The lowest BCUT2D eigenvalue weighted by molar-refractivity contribution is 0.524.